The molecule has 6 heteroatoms. The Bertz CT molecular complexity index is 141. The van der Waals surface area contributed by atoms with Crippen LogP contribution in [0.5, 0.6) is 0 Å². The zero-order valence-corrected chi connectivity index (χ0v) is 5.88. The molecule has 1 aromatic heterocycles. The van der Waals surface area contributed by atoms with Crippen LogP contribution in [0.25, 0.3) is 0 Å². The van der Waals surface area contributed by atoms with Crippen LogP contribution in [0.4, 0.5) is 0 Å². The van der Waals surface area contributed by atoms with Crippen molar-refractivity contribution in [2.75, 3.05) is 0 Å². The van der Waals surface area contributed by atoms with Crippen molar-refractivity contribution in [3.63, 3.8) is 0 Å². The number of nitrogens with one attached hydrogen (secondary N) is 1. The van der Waals surface area contributed by atoms with E-state index in [4.69, 9.17) is 0 Å². The van der Waals surface area contributed by atoms with Gasteiger partial charge in [0, 0.05) is 0 Å². The predicted molar refractivity (Wildman–Crippen MR) is 28.6 cm³/mol. The largest absolute Gasteiger partial charge is 0.452 e. The first-order valence-electron chi connectivity index (χ1n) is 1.87. The molecule has 0 aliphatic carbocycles. The van der Waals surface area contributed by atoms with Gasteiger partial charge < -0.3 is 4.12 Å². The van der Waals surface area contributed by atoms with Crippen molar-refractivity contribution >= 4 is 25.7 Å². The van der Waals surface area contributed by atoms with Crippen molar-refractivity contribution in [3.05, 3.63) is 6.33 Å². The highest BCUT2D eigenvalue weighted by atomic mass is 28.3. The third-order valence-electron chi connectivity index (χ3n) is 0.563. The first-order valence-corrected chi connectivity index (χ1v) is 3.19. The molecule has 0 saturated carbocycles. The fourth-order valence-electron chi connectivity index (χ4n) is 0.303. The molecule has 1 aromatic rings. The summed E-state index contributed by atoms with van der Waals surface area (Å²) in [5, 5.41) is 6.24. The lowest BCUT2D eigenvalue weighted by molar-refractivity contribution is 0.673. The molecular weight excluding hydrogens is 138 g/mol. The highest BCUT2D eigenvalue weighted by Gasteiger charge is 1.93. The van der Waals surface area contributed by atoms with E-state index in [2.05, 4.69) is 29.8 Å². The lowest BCUT2D eigenvalue weighted by atomic mass is 11.3. The summed E-state index contributed by atoms with van der Waals surface area (Å²) in [5.74, 6) is 0. The van der Waals surface area contributed by atoms with Crippen molar-refractivity contribution in [1.29, 1.82) is 0 Å². The van der Waals surface area contributed by atoms with Gasteiger partial charge >= 0.3 is 9.76 Å². The van der Waals surface area contributed by atoms with E-state index < -0.39 is 0 Å². The van der Waals surface area contributed by atoms with Crippen molar-refractivity contribution in [3.8, 4) is 0 Å². The summed E-state index contributed by atoms with van der Waals surface area (Å²) >= 11 is 0. The van der Waals surface area contributed by atoms with E-state index in [1.165, 1.54) is 6.33 Å². The normalized spacial score (nSPS) is 9.62. The summed E-state index contributed by atoms with van der Waals surface area (Å²) in [6, 6.07) is 0. The quantitative estimate of drug-likeness (QED) is 0.491. The second-order valence-corrected chi connectivity index (χ2v) is 2.53. The van der Waals surface area contributed by atoms with Gasteiger partial charge in [0.05, 0.1) is 0 Å². The molecule has 0 atom stereocenters. The number of nitrogens with zero attached hydrogens (tertiary/aromatic N) is 2. The average Bonchev–Trinajstić information content (AvgIpc) is 2.19. The Morgan fingerprint density at radius 1 is 1.88 bits per heavy atom. The van der Waals surface area contributed by atoms with Gasteiger partial charge in [0.15, 0.2) is 0 Å². The van der Waals surface area contributed by atoms with Gasteiger partial charge in [0.1, 0.15) is 11.8 Å². The zero-order valence-electron chi connectivity index (χ0n) is 3.88. The van der Waals surface area contributed by atoms with E-state index in [1.807, 2.05) is 0 Å². The lowest BCUT2D eigenvalue weighted by Gasteiger charge is -1.84. The minimum absolute atomic E-state index is 0.196. The molecule has 0 spiro atoms. The average molecular weight is 140 g/mol. The standard InChI is InChI=1S/C2H2N3OSi2/c7-6-8-2-3-1-4-5-2/h1H,(H,3,4,5). The van der Waals surface area contributed by atoms with E-state index in [1.54, 1.807) is 0 Å². The molecule has 0 unspecified atom stereocenters. The number of rotatable bonds is 2. The van der Waals surface area contributed by atoms with Crippen molar-refractivity contribution in [1.82, 2.24) is 15.2 Å². The maximum absolute atomic E-state index is 4.59. The minimum Gasteiger partial charge on any atom is -0.452 e. The SMILES string of the molecule is [Si]O[Si]c1ncn[nH]1. The molecule has 4 nitrogen and oxygen atoms in total. The van der Waals surface area contributed by atoms with E-state index in [0.29, 0.717) is 0 Å². The molecule has 0 aromatic carbocycles. The smallest absolute Gasteiger partial charge is 0.305 e. The number of aromatic nitrogens is 3. The van der Waals surface area contributed by atoms with Gasteiger partial charge in [-0.3, -0.25) is 5.10 Å². The summed E-state index contributed by atoms with van der Waals surface area (Å²) in [5.41, 5.74) is 0.736. The van der Waals surface area contributed by atoms with Gasteiger partial charge in [-0.2, -0.15) is 5.10 Å². The second-order valence-electron chi connectivity index (χ2n) is 1.04. The Kier molecular flexibility index (Phi) is 1.95. The van der Waals surface area contributed by atoms with E-state index in [0.717, 1.165) is 5.45 Å². The van der Waals surface area contributed by atoms with Gasteiger partial charge in [0.2, 0.25) is 10.5 Å². The Balaban J connectivity index is 2.50. The van der Waals surface area contributed by atoms with Crippen LogP contribution in [-0.2, 0) is 4.12 Å². The van der Waals surface area contributed by atoms with Crippen LogP contribution in [0, 0.1) is 0 Å². The first kappa shape index (κ1) is 5.67. The van der Waals surface area contributed by atoms with E-state index >= 15 is 0 Å². The minimum atomic E-state index is 0.196. The van der Waals surface area contributed by atoms with Crippen LogP contribution in [-0.4, -0.2) is 35.4 Å². The van der Waals surface area contributed by atoms with Crippen molar-refractivity contribution < 1.29 is 4.12 Å². The molecule has 39 valence electrons. The van der Waals surface area contributed by atoms with Gasteiger partial charge in [-0.15, -0.1) is 0 Å². The van der Waals surface area contributed by atoms with Gasteiger partial charge in [-0.05, 0) is 0 Å². The number of hydrogen-bond acceptors (Lipinski definition) is 3. The van der Waals surface area contributed by atoms with Crippen LogP contribution >= 0.6 is 0 Å². The van der Waals surface area contributed by atoms with Gasteiger partial charge in [-0.1, -0.05) is 0 Å². The molecule has 1 N–H and O–H groups in total. The second kappa shape index (κ2) is 2.75. The molecule has 5 radical (unpaired) electrons. The summed E-state index contributed by atoms with van der Waals surface area (Å²) in [4.78, 5) is 3.80. The van der Waals surface area contributed by atoms with Crippen LogP contribution in [0.3, 0.4) is 0 Å². The van der Waals surface area contributed by atoms with Crippen molar-refractivity contribution in [2.45, 2.75) is 0 Å². The summed E-state index contributed by atoms with van der Waals surface area (Å²) in [6.45, 7) is 0. The predicted octanol–water partition coefficient (Wildman–Crippen LogP) is -1.85. The van der Waals surface area contributed by atoms with Crippen LogP contribution in [0.1, 0.15) is 0 Å². The molecule has 0 aliphatic rings. The number of hydrogen-bond donors (Lipinski definition) is 1. The third-order valence-corrected chi connectivity index (χ3v) is 1.41. The highest BCUT2D eigenvalue weighted by molar-refractivity contribution is 6.48. The van der Waals surface area contributed by atoms with Gasteiger partial charge in [-0.25, -0.2) is 4.98 Å². The molecule has 0 amide bonds. The number of aromatic amines is 1. The van der Waals surface area contributed by atoms with Crippen LogP contribution in [0.15, 0.2) is 6.33 Å². The third kappa shape index (κ3) is 1.25. The number of H-pyrrole nitrogens is 1. The highest BCUT2D eigenvalue weighted by Crippen LogP contribution is 1.59. The zero-order chi connectivity index (χ0) is 5.82. The molecule has 1 rings (SSSR count). The van der Waals surface area contributed by atoms with E-state index in [-0.39, 0.29) is 9.76 Å². The fraction of sp³-hybridized carbons (Fsp3) is 0. The van der Waals surface area contributed by atoms with Crippen LogP contribution in [0.2, 0.25) is 0 Å². The first-order chi connectivity index (χ1) is 3.93. The molecule has 8 heavy (non-hydrogen) atoms. The maximum Gasteiger partial charge on any atom is 0.305 e. The molecule has 0 saturated heterocycles. The van der Waals surface area contributed by atoms with Gasteiger partial charge in [0.25, 0.3) is 0 Å². The van der Waals surface area contributed by atoms with Crippen molar-refractivity contribution in [2.24, 2.45) is 0 Å². The Morgan fingerprint density at radius 2 is 2.75 bits per heavy atom. The van der Waals surface area contributed by atoms with E-state index in [9.17, 15) is 0 Å². The summed E-state index contributed by atoms with van der Waals surface area (Å²) in [7, 11) is 3.03. The molecule has 0 fully saturated rings. The maximum atomic E-state index is 4.59. The Hall–Kier alpha value is -0.466. The van der Waals surface area contributed by atoms with Crippen LogP contribution < -0.4 is 5.45 Å². The fourth-order valence-corrected chi connectivity index (χ4v) is 0.910. The Morgan fingerprint density at radius 3 is 3.25 bits per heavy atom. The summed E-state index contributed by atoms with van der Waals surface area (Å²) in [6.07, 6.45) is 1.44. The summed E-state index contributed by atoms with van der Waals surface area (Å²) < 4.78 is 4.59. The topological polar surface area (TPSA) is 50.8 Å². The molecule has 0 aliphatic heterocycles. The molecule has 0 bridgehead atoms. The lowest BCUT2D eigenvalue weighted by Crippen LogP contribution is -2.20. The Labute approximate surface area is 52.2 Å². The molecule has 1 heterocycles. The monoisotopic (exact) mass is 140 g/mol. The molecular formula is C2H2N3OSi2.